The molecule has 0 saturated heterocycles. The maximum absolute atomic E-state index is 12.1. The zero-order valence-electron chi connectivity index (χ0n) is 12.3. The maximum atomic E-state index is 12.1. The van der Waals surface area contributed by atoms with Gasteiger partial charge in [-0.3, -0.25) is 9.59 Å². The fraction of sp³-hybridized carbons (Fsp3) is 0.467. The van der Waals surface area contributed by atoms with E-state index < -0.39 is 5.54 Å². The number of amides is 1. The molecule has 0 aromatic heterocycles. The van der Waals surface area contributed by atoms with E-state index in [0.717, 1.165) is 5.56 Å². The van der Waals surface area contributed by atoms with Crippen molar-refractivity contribution in [3.63, 3.8) is 0 Å². The van der Waals surface area contributed by atoms with E-state index in [-0.39, 0.29) is 24.0 Å². The van der Waals surface area contributed by atoms with E-state index in [1.807, 2.05) is 13.8 Å². The lowest BCUT2D eigenvalue weighted by atomic mass is 9.91. The second-order valence-corrected chi connectivity index (χ2v) is 6.49. The van der Waals surface area contributed by atoms with E-state index >= 15 is 0 Å². The zero-order chi connectivity index (χ0) is 16.2. The quantitative estimate of drug-likeness (QED) is 0.718. The fourth-order valence-electron chi connectivity index (χ4n) is 2.12. The van der Waals surface area contributed by atoms with Crippen LogP contribution in [0.25, 0.3) is 0 Å². The number of benzene rings is 1. The number of ketones is 1. The van der Waals surface area contributed by atoms with E-state index in [1.54, 1.807) is 23.1 Å². The van der Waals surface area contributed by atoms with Gasteiger partial charge in [-0.2, -0.15) is 0 Å². The van der Waals surface area contributed by atoms with Gasteiger partial charge in [-0.15, -0.1) is 11.6 Å². The molecule has 0 N–H and O–H groups in total. The number of hydrogen-bond acceptors (Lipinski definition) is 2. The minimum Gasteiger partial charge on any atom is -0.332 e. The van der Waals surface area contributed by atoms with Gasteiger partial charge in [0.05, 0.1) is 5.54 Å². The van der Waals surface area contributed by atoms with Gasteiger partial charge in [0.2, 0.25) is 5.91 Å². The Bertz CT molecular complexity index is 523. The second-order valence-electron chi connectivity index (χ2n) is 5.35. The summed E-state index contributed by atoms with van der Waals surface area (Å²) in [5.74, 6) is -0.364. The molecule has 6 heteroatoms. The minimum atomic E-state index is -0.671. The van der Waals surface area contributed by atoms with Crippen LogP contribution in [0.15, 0.2) is 18.2 Å². The molecule has 0 radical (unpaired) electrons. The van der Waals surface area contributed by atoms with E-state index in [1.165, 1.54) is 6.92 Å². The molecule has 1 aromatic rings. The van der Waals surface area contributed by atoms with Gasteiger partial charge in [-0.05, 0) is 44.5 Å². The highest BCUT2D eigenvalue weighted by molar-refractivity contribution is 6.34. The lowest BCUT2D eigenvalue weighted by Crippen LogP contribution is -2.47. The minimum absolute atomic E-state index is 0.0160. The van der Waals surface area contributed by atoms with Gasteiger partial charge in [-0.25, -0.2) is 0 Å². The van der Waals surface area contributed by atoms with Crippen LogP contribution in [0.2, 0.25) is 10.0 Å². The number of carbonyl (C=O) groups is 2. The normalized spacial score (nSPS) is 11.3. The first-order valence-corrected chi connectivity index (χ1v) is 7.80. The van der Waals surface area contributed by atoms with Crippen molar-refractivity contribution in [1.82, 2.24) is 4.90 Å². The van der Waals surface area contributed by atoms with Crippen molar-refractivity contribution in [3.8, 4) is 0 Å². The summed E-state index contributed by atoms with van der Waals surface area (Å²) in [6.45, 7) is 5.55. The maximum Gasteiger partial charge on any atom is 0.238 e. The smallest absolute Gasteiger partial charge is 0.238 e. The largest absolute Gasteiger partial charge is 0.332 e. The third-order valence-corrected chi connectivity index (χ3v) is 4.01. The summed E-state index contributed by atoms with van der Waals surface area (Å²) in [5.41, 5.74) is 0.123. The molecule has 116 valence electrons. The van der Waals surface area contributed by atoms with Gasteiger partial charge in [0, 0.05) is 23.0 Å². The summed E-state index contributed by atoms with van der Waals surface area (Å²) in [5, 5.41) is 0.992. The van der Waals surface area contributed by atoms with Crippen molar-refractivity contribution in [1.29, 1.82) is 0 Å². The van der Waals surface area contributed by atoms with Gasteiger partial charge in [-0.1, -0.05) is 23.2 Å². The first kappa shape index (κ1) is 18.3. The van der Waals surface area contributed by atoms with Crippen LogP contribution in [0.4, 0.5) is 0 Å². The predicted molar refractivity (Wildman–Crippen MR) is 87.2 cm³/mol. The molecule has 3 nitrogen and oxygen atoms in total. The molecule has 0 spiro atoms. The number of alkyl halides is 1. The van der Waals surface area contributed by atoms with Crippen molar-refractivity contribution in [2.45, 2.75) is 32.7 Å². The molecule has 0 aliphatic heterocycles. The average Bonchev–Trinajstić information content (AvgIpc) is 2.36. The van der Waals surface area contributed by atoms with Gasteiger partial charge in [0.1, 0.15) is 11.7 Å². The summed E-state index contributed by atoms with van der Waals surface area (Å²) in [4.78, 5) is 24.9. The average molecular weight is 351 g/mol. The van der Waals surface area contributed by atoms with Crippen LogP contribution in [0.1, 0.15) is 32.8 Å². The molecule has 0 aliphatic carbocycles. The Morgan fingerprint density at radius 2 is 1.67 bits per heavy atom. The van der Waals surface area contributed by atoms with Crippen molar-refractivity contribution in [2.75, 3.05) is 12.4 Å². The molecule has 0 unspecified atom stereocenters. The standard InChI is InChI=1S/C15H18Cl3NO2/c1-10(20)4-5-19(14(21)9-16)15(2,3)11-6-12(17)8-13(18)7-11/h6-8H,4-5,9H2,1-3H3. The molecule has 0 aliphatic rings. The molecule has 0 bridgehead atoms. The van der Waals surface area contributed by atoms with E-state index in [9.17, 15) is 9.59 Å². The number of rotatable bonds is 6. The zero-order valence-corrected chi connectivity index (χ0v) is 14.5. The van der Waals surface area contributed by atoms with Crippen LogP contribution in [-0.4, -0.2) is 29.0 Å². The SMILES string of the molecule is CC(=O)CCN(C(=O)CCl)C(C)(C)c1cc(Cl)cc(Cl)c1. The molecular formula is C15H18Cl3NO2. The van der Waals surface area contributed by atoms with Crippen LogP contribution in [0, 0.1) is 0 Å². The number of hydrogen-bond donors (Lipinski definition) is 0. The van der Waals surface area contributed by atoms with Crippen LogP contribution in [0.5, 0.6) is 0 Å². The Kier molecular flexibility index (Phi) is 6.51. The summed E-state index contributed by atoms with van der Waals surface area (Å²) >= 11 is 17.8. The molecular weight excluding hydrogens is 333 g/mol. The third kappa shape index (κ3) is 4.87. The molecule has 0 atom stereocenters. The second kappa shape index (κ2) is 7.48. The first-order chi connectivity index (χ1) is 9.68. The Labute approximate surface area is 140 Å². The van der Waals surface area contributed by atoms with Gasteiger partial charge in [0.25, 0.3) is 0 Å². The number of Topliss-reactive ketones (excluding diaryl/α,β-unsaturated/α-hetero) is 1. The predicted octanol–water partition coefficient (Wildman–Crippen LogP) is 4.28. The summed E-state index contributed by atoms with van der Waals surface area (Å²) in [6.07, 6.45) is 0.278. The molecule has 1 aromatic carbocycles. The van der Waals surface area contributed by atoms with Crippen LogP contribution < -0.4 is 0 Å². The molecule has 21 heavy (non-hydrogen) atoms. The lowest BCUT2D eigenvalue weighted by Gasteiger charge is -2.39. The topological polar surface area (TPSA) is 37.4 Å². The first-order valence-electron chi connectivity index (χ1n) is 6.51. The number of nitrogens with zero attached hydrogens (tertiary/aromatic N) is 1. The van der Waals surface area contributed by atoms with Gasteiger partial charge in [0.15, 0.2) is 0 Å². The van der Waals surface area contributed by atoms with Crippen molar-refractivity contribution >= 4 is 46.5 Å². The number of carbonyl (C=O) groups excluding carboxylic acids is 2. The summed E-state index contributed by atoms with van der Waals surface area (Å²) in [7, 11) is 0. The third-order valence-electron chi connectivity index (χ3n) is 3.35. The van der Waals surface area contributed by atoms with Crippen molar-refractivity contribution < 1.29 is 9.59 Å². The Morgan fingerprint density at radius 3 is 2.10 bits per heavy atom. The van der Waals surface area contributed by atoms with Crippen LogP contribution >= 0.6 is 34.8 Å². The van der Waals surface area contributed by atoms with Gasteiger partial charge < -0.3 is 4.90 Å². The van der Waals surface area contributed by atoms with Crippen molar-refractivity contribution in [2.24, 2.45) is 0 Å². The van der Waals surface area contributed by atoms with E-state index in [0.29, 0.717) is 16.6 Å². The highest BCUT2D eigenvalue weighted by Crippen LogP contribution is 2.32. The Hall–Kier alpha value is -0.770. The lowest BCUT2D eigenvalue weighted by molar-refractivity contribution is -0.134. The van der Waals surface area contributed by atoms with Crippen molar-refractivity contribution in [3.05, 3.63) is 33.8 Å². The molecule has 0 heterocycles. The fourth-order valence-corrected chi connectivity index (χ4v) is 2.79. The Morgan fingerprint density at radius 1 is 1.14 bits per heavy atom. The molecule has 0 fully saturated rings. The molecule has 1 amide bonds. The molecule has 0 saturated carbocycles. The summed E-state index contributed by atoms with van der Waals surface area (Å²) < 4.78 is 0. The van der Waals surface area contributed by atoms with Crippen LogP contribution in [0.3, 0.4) is 0 Å². The van der Waals surface area contributed by atoms with E-state index in [4.69, 9.17) is 34.8 Å². The Balaban J connectivity index is 3.18. The highest BCUT2D eigenvalue weighted by Gasteiger charge is 2.32. The molecule has 1 rings (SSSR count). The van der Waals surface area contributed by atoms with Crippen LogP contribution in [-0.2, 0) is 15.1 Å². The number of halogens is 3. The monoisotopic (exact) mass is 349 g/mol. The van der Waals surface area contributed by atoms with E-state index in [2.05, 4.69) is 0 Å². The summed E-state index contributed by atoms with van der Waals surface area (Å²) in [6, 6.07) is 5.15. The van der Waals surface area contributed by atoms with Gasteiger partial charge >= 0.3 is 0 Å². The highest BCUT2D eigenvalue weighted by atomic mass is 35.5.